The average Bonchev–Trinajstić information content (AvgIpc) is 2.81. The average molecular weight is 452 g/mol. The van der Waals surface area contributed by atoms with E-state index in [0.717, 1.165) is 22.8 Å². The van der Waals surface area contributed by atoms with Crippen LogP contribution in [0.1, 0.15) is 22.9 Å². The largest absolute Gasteiger partial charge is 0.352 e. The highest BCUT2D eigenvalue weighted by Gasteiger charge is 2.21. The minimum atomic E-state index is -0.922. The second-order valence-electron chi connectivity index (χ2n) is 7.40. The Kier molecular flexibility index (Phi) is 6.23. The van der Waals surface area contributed by atoms with Gasteiger partial charge >= 0.3 is 5.69 Å². The predicted octanol–water partition coefficient (Wildman–Crippen LogP) is 3.10. The van der Waals surface area contributed by atoms with Gasteiger partial charge in [0.05, 0.1) is 6.54 Å². The molecule has 0 saturated carbocycles. The van der Waals surface area contributed by atoms with E-state index in [1.54, 1.807) is 30.3 Å². The fourth-order valence-corrected chi connectivity index (χ4v) is 3.49. The molecule has 4 aromatic rings. The second-order valence-corrected chi connectivity index (χ2v) is 7.40. The number of hydrogen-bond acceptors (Lipinski definition) is 4. The predicted molar refractivity (Wildman–Crippen MR) is 117 cm³/mol. The van der Waals surface area contributed by atoms with Gasteiger partial charge in [0.1, 0.15) is 28.8 Å². The molecule has 33 heavy (non-hydrogen) atoms. The molecule has 3 aromatic carbocycles. The van der Waals surface area contributed by atoms with Gasteiger partial charge in [0.2, 0.25) is 0 Å². The quantitative estimate of drug-likeness (QED) is 0.487. The lowest BCUT2D eigenvalue weighted by Gasteiger charge is -2.16. The fourth-order valence-electron chi connectivity index (χ4n) is 3.49. The molecule has 0 unspecified atom stereocenters. The molecular formula is C24H19F3N4O2. The van der Waals surface area contributed by atoms with Crippen LogP contribution in [0.4, 0.5) is 13.2 Å². The molecule has 0 bridgehead atoms. The van der Waals surface area contributed by atoms with Crippen molar-refractivity contribution < 1.29 is 13.2 Å². The first-order valence-electron chi connectivity index (χ1n) is 10.1. The van der Waals surface area contributed by atoms with Gasteiger partial charge in [-0.2, -0.15) is 9.78 Å². The molecule has 1 aromatic heterocycles. The Hall–Kier alpha value is -3.98. The first-order valence-corrected chi connectivity index (χ1v) is 10.1. The fraction of sp³-hybridized carbons (Fsp3) is 0.125. The summed E-state index contributed by atoms with van der Waals surface area (Å²) >= 11 is 0. The number of halogens is 3. The Balaban J connectivity index is 1.89. The third-order valence-electron chi connectivity index (χ3n) is 5.22. The maximum absolute atomic E-state index is 14.5. The molecule has 0 aliphatic rings. The van der Waals surface area contributed by atoms with Crippen LogP contribution in [0.15, 0.2) is 82.4 Å². The number of rotatable bonds is 6. The van der Waals surface area contributed by atoms with Crippen molar-refractivity contribution in [3.8, 4) is 5.69 Å². The van der Waals surface area contributed by atoms with Gasteiger partial charge in [-0.3, -0.25) is 9.36 Å². The van der Waals surface area contributed by atoms with E-state index < -0.39 is 41.2 Å². The smallest absolute Gasteiger partial charge is 0.322 e. The zero-order chi connectivity index (χ0) is 23.5. The van der Waals surface area contributed by atoms with Crippen molar-refractivity contribution in [1.29, 1.82) is 0 Å². The van der Waals surface area contributed by atoms with E-state index in [1.165, 1.54) is 24.3 Å². The van der Waals surface area contributed by atoms with Gasteiger partial charge in [-0.05, 0) is 29.8 Å². The van der Waals surface area contributed by atoms with E-state index in [2.05, 4.69) is 5.10 Å². The molecule has 0 aliphatic heterocycles. The molecule has 2 N–H and O–H groups in total. The van der Waals surface area contributed by atoms with Crippen LogP contribution in [0.3, 0.4) is 0 Å². The van der Waals surface area contributed by atoms with E-state index in [-0.39, 0.29) is 23.5 Å². The Morgan fingerprint density at radius 3 is 2.09 bits per heavy atom. The van der Waals surface area contributed by atoms with Crippen LogP contribution in [0, 0.1) is 17.5 Å². The van der Waals surface area contributed by atoms with Crippen LogP contribution in [0.2, 0.25) is 0 Å². The van der Waals surface area contributed by atoms with Gasteiger partial charge < -0.3 is 5.73 Å². The number of nitrogens with two attached hydrogens (primary N) is 1. The first kappa shape index (κ1) is 22.2. The molecule has 0 radical (unpaired) electrons. The Labute approximate surface area is 186 Å². The van der Waals surface area contributed by atoms with Gasteiger partial charge in [0.25, 0.3) is 5.56 Å². The minimum Gasteiger partial charge on any atom is -0.322 e. The summed E-state index contributed by atoms with van der Waals surface area (Å²) in [6, 6.07) is 16.7. The molecule has 1 atom stereocenters. The summed E-state index contributed by atoms with van der Waals surface area (Å²) in [4.78, 5) is 26.3. The zero-order valence-electron chi connectivity index (χ0n) is 17.3. The highest BCUT2D eigenvalue weighted by molar-refractivity contribution is 5.32. The number of hydrogen-bond donors (Lipinski definition) is 1. The first-order chi connectivity index (χ1) is 15.9. The monoisotopic (exact) mass is 452 g/mol. The van der Waals surface area contributed by atoms with Gasteiger partial charge in [-0.1, -0.05) is 48.5 Å². The second kappa shape index (κ2) is 9.25. The molecule has 4 rings (SSSR count). The molecule has 0 aliphatic carbocycles. The lowest BCUT2D eigenvalue weighted by molar-refractivity contribution is 0.494. The lowest BCUT2D eigenvalue weighted by atomic mass is 10.1. The number of nitrogens with zero attached hydrogens (tertiary/aromatic N) is 3. The summed E-state index contributed by atoms with van der Waals surface area (Å²) in [6.07, 6.45) is -0.535. The number of aromatic nitrogens is 3. The summed E-state index contributed by atoms with van der Waals surface area (Å²) in [5, 5.41) is 3.98. The maximum Gasteiger partial charge on any atom is 0.352 e. The highest BCUT2D eigenvalue weighted by atomic mass is 19.1. The van der Waals surface area contributed by atoms with E-state index in [4.69, 9.17) is 5.73 Å². The SMILES string of the molecule is N[C@@H](Cn1c(=O)c(Cc2c(F)cccc2F)nn(-c2ccccc2F)c1=O)c1ccccc1. The van der Waals surface area contributed by atoms with E-state index in [1.807, 2.05) is 0 Å². The highest BCUT2D eigenvalue weighted by Crippen LogP contribution is 2.16. The number of benzene rings is 3. The van der Waals surface area contributed by atoms with Crippen molar-refractivity contribution in [2.24, 2.45) is 5.73 Å². The molecule has 0 saturated heterocycles. The van der Waals surface area contributed by atoms with Crippen molar-refractivity contribution in [1.82, 2.24) is 14.3 Å². The van der Waals surface area contributed by atoms with Crippen LogP contribution in [0.25, 0.3) is 5.69 Å². The standard InChI is InChI=1S/C24H19F3N4O2/c25-17-10-6-11-18(26)16(17)13-21-23(32)30(14-20(28)15-7-2-1-3-8-15)24(33)31(29-21)22-12-5-4-9-19(22)27/h1-12,20H,13-14,28H2/t20-/m0/s1. The topological polar surface area (TPSA) is 82.9 Å². The minimum absolute atomic E-state index is 0.209. The van der Waals surface area contributed by atoms with Crippen molar-refractivity contribution in [3.63, 3.8) is 0 Å². The van der Waals surface area contributed by atoms with Crippen LogP contribution >= 0.6 is 0 Å². The molecule has 0 spiro atoms. The summed E-state index contributed by atoms with van der Waals surface area (Å²) < 4.78 is 44.5. The third-order valence-corrected chi connectivity index (χ3v) is 5.22. The summed E-state index contributed by atoms with van der Waals surface area (Å²) in [7, 11) is 0. The van der Waals surface area contributed by atoms with Crippen LogP contribution in [-0.4, -0.2) is 14.3 Å². The van der Waals surface area contributed by atoms with E-state index in [9.17, 15) is 22.8 Å². The van der Waals surface area contributed by atoms with Crippen molar-refractivity contribution in [2.45, 2.75) is 19.0 Å². The van der Waals surface area contributed by atoms with Gasteiger partial charge in [0.15, 0.2) is 0 Å². The Morgan fingerprint density at radius 2 is 1.42 bits per heavy atom. The Morgan fingerprint density at radius 1 is 0.818 bits per heavy atom. The van der Waals surface area contributed by atoms with Crippen LogP contribution in [-0.2, 0) is 13.0 Å². The van der Waals surface area contributed by atoms with E-state index in [0.29, 0.717) is 10.2 Å². The summed E-state index contributed by atoms with van der Waals surface area (Å²) in [5.74, 6) is -2.49. The van der Waals surface area contributed by atoms with Crippen LogP contribution < -0.4 is 17.0 Å². The van der Waals surface area contributed by atoms with Gasteiger partial charge in [-0.15, -0.1) is 0 Å². The molecule has 1 heterocycles. The maximum atomic E-state index is 14.5. The number of para-hydroxylation sites is 1. The Bertz CT molecular complexity index is 1400. The van der Waals surface area contributed by atoms with Gasteiger partial charge in [-0.25, -0.2) is 18.0 Å². The van der Waals surface area contributed by atoms with Crippen LogP contribution in [0.5, 0.6) is 0 Å². The lowest BCUT2D eigenvalue weighted by Crippen LogP contribution is -2.45. The molecular weight excluding hydrogens is 433 g/mol. The van der Waals surface area contributed by atoms with Gasteiger partial charge in [0, 0.05) is 18.0 Å². The van der Waals surface area contributed by atoms with Crippen molar-refractivity contribution >= 4 is 0 Å². The molecule has 0 amide bonds. The van der Waals surface area contributed by atoms with Crippen molar-refractivity contribution in [3.05, 3.63) is 128 Å². The molecule has 6 nitrogen and oxygen atoms in total. The summed E-state index contributed by atoms with van der Waals surface area (Å²) in [5.41, 5.74) is 4.17. The zero-order valence-corrected chi connectivity index (χ0v) is 17.3. The molecule has 168 valence electrons. The molecule has 0 fully saturated rings. The summed E-state index contributed by atoms with van der Waals surface area (Å²) in [6.45, 7) is -0.245. The third kappa shape index (κ3) is 4.49. The molecule has 9 heteroatoms. The normalized spacial score (nSPS) is 12.0. The van der Waals surface area contributed by atoms with Crippen molar-refractivity contribution in [2.75, 3.05) is 0 Å². The van der Waals surface area contributed by atoms with E-state index >= 15 is 0 Å².